The summed E-state index contributed by atoms with van der Waals surface area (Å²) in [6.07, 6.45) is 11.0. The zero-order chi connectivity index (χ0) is 26.7. The van der Waals surface area contributed by atoms with Crippen LogP contribution in [0.25, 0.3) is 22.2 Å². The molecule has 202 valence electrons. The lowest BCUT2D eigenvalue weighted by molar-refractivity contribution is 0.153. The molecule has 38 heavy (non-hydrogen) atoms. The number of pyridine rings is 2. The SMILES string of the molecule is CCCc1nn(C)cc1-c1cnc2ccc(N(COCC[Si](C)(C)C)c3nnc(C4CCCC4)s3)nc2c1. The Labute approximate surface area is 230 Å². The molecule has 0 unspecified atom stereocenters. The normalized spacial score (nSPS) is 14.6. The summed E-state index contributed by atoms with van der Waals surface area (Å²) >= 11 is 1.68. The molecule has 4 aromatic rings. The molecule has 0 aromatic carbocycles. The van der Waals surface area contributed by atoms with Gasteiger partial charge >= 0.3 is 0 Å². The summed E-state index contributed by atoms with van der Waals surface area (Å²) < 4.78 is 8.08. The van der Waals surface area contributed by atoms with Crippen LogP contribution in [-0.4, -0.2) is 51.4 Å². The van der Waals surface area contributed by atoms with Crippen molar-refractivity contribution < 1.29 is 4.74 Å². The molecular weight excluding hydrogens is 511 g/mol. The van der Waals surface area contributed by atoms with Gasteiger partial charge in [-0.25, -0.2) is 4.98 Å². The average Bonchev–Trinajstić information content (AvgIpc) is 3.64. The second-order valence-corrected chi connectivity index (χ2v) is 18.1. The number of rotatable bonds is 11. The molecule has 0 aliphatic heterocycles. The number of fused-ring (bicyclic) bond motifs is 1. The molecule has 0 atom stereocenters. The number of anilines is 2. The van der Waals surface area contributed by atoms with Crippen LogP contribution in [-0.2, 0) is 18.2 Å². The number of aryl methyl sites for hydroxylation is 2. The maximum Gasteiger partial charge on any atom is 0.215 e. The molecule has 1 aliphatic carbocycles. The fraction of sp³-hybridized carbons (Fsp3) is 0.536. The van der Waals surface area contributed by atoms with Crippen LogP contribution in [0.5, 0.6) is 0 Å². The van der Waals surface area contributed by atoms with Crippen molar-refractivity contribution in [3.05, 3.63) is 41.3 Å². The molecular formula is C28H39N7OSSi. The molecule has 0 amide bonds. The second-order valence-electron chi connectivity index (χ2n) is 11.5. The topological polar surface area (TPSA) is 81.9 Å². The number of ether oxygens (including phenoxy) is 1. The molecule has 1 saturated carbocycles. The van der Waals surface area contributed by atoms with Crippen molar-refractivity contribution in [2.45, 2.75) is 77.1 Å². The first kappa shape index (κ1) is 26.9. The maximum atomic E-state index is 6.20. The molecule has 0 radical (unpaired) electrons. The fourth-order valence-corrected chi connectivity index (χ4v) is 6.68. The minimum absolute atomic E-state index is 0.401. The zero-order valence-electron chi connectivity index (χ0n) is 23.3. The van der Waals surface area contributed by atoms with Gasteiger partial charge in [0.25, 0.3) is 0 Å². The fourth-order valence-electron chi connectivity index (χ4n) is 4.92. The predicted octanol–water partition coefficient (Wildman–Crippen LogP) is 6.94. The van der Waals surface area contributed by atoms with E-state index in [-0.39, 0.29) is 0 Å². The van der Waals surface area contributed by atoms with Crippen LogP contribution in [0, 0.1) is 0 Å². The highest BCUT2D eigenvalue weighted by atomic mass is 32.1. The summed E-state index contributed by atoms with van der Waals surface area (Å²) in [5.41, 5.74) is 4.96. The van der Waals surface area contributed by atoms with Crippen molar-refractivity contribution in [3.63, 3.8) is 0 Å². The number of aromatic nitrogens is 6. The molecule has 8 nitrogen and oxygen atoms in total. The van der Waals surface area contributed by atoms with E-state index in [0.717, 1.165) is 69.3 Å². The Kier molecular flexibility index (Phi) is 8.20. The summed E-state index contributed by atoms with van der Waals surface area (Å²) in [5, 5.41) is 15.8. The van der Waals surface area contributed by atoms with Gasteiger partial charge < -0.3 is 4.74 Å². The van der Waals surface area contributed by atoms with E-state index in [9.17, 15) is 0 Å². The summed E-state index contributed by atoms with van der Waals surface area (Å²) in [7, 11) is 0.783. The van der Waals surface area contributed by atoms with Gasteiger partial charge in [-0.1, -0.05) is 57.2 Å². The summed E-state index contributed by atoms with van der Waals surface area (Å²) in [6, 6.07) is 7.29. The average molecular weight is 550 g/mol. The minimum atomic E-state index is -1.19. The predicted molar refractivity (Wildman–Crippen MR) is 158 cm³/mol. The van der Waals surface area contributed by atoms with Gasteiger partial charge in [0.1, 0.15) is 17.6 Å². The highest BCUT2D eigenvalue weighted by Crippen LogP contribution is 2.38. The summed E-state index contributed by atoms with van der Waals surface area (Å²) in [5.74, 6) is 1.34. The van der Waals surface area contributed by atoms with Gasteiger partial charge in [0.15, 0.2) is 0 Å². The van der Waals surface area contributed by atoms with E-state index in [1.807, 2.05) is 30.1 Å². The second kappa shape index (κ2) is 11.6. The Balaban J connectivity index is 1.46. The van der Waals surface area contributed by atoms with Crippen LogP contribution in [0.4, 0.5) is 10.9 Å². The Morgan fingerprint density at radius 2 is 1.95 bits per heavy atom. The maximum absolute atomic E-state index is 6.20. The van der Waals surface area contributed by atoms with Gasteiger partial charge in [0.2, 0.25) is 5.13 Å². The Morgan fingerprint density at radius 1 is 1.13 bits per heavy atom. The van der Waals surface area contributed by atoms with Gasteiger partial charge in [0.05, 0.1) is 16.7 Å². The van der Waals surface area contributed by atoms with Gasteiger partial charge in [-0.05, 0) is 43.5 Å². The third kappa shape index (κ3) is 6.30. The van der Waals surface area contributed by atoms with Crippen molar-refractivity contribution in [2.75, 3.05) is 18.2 Å². The summed E-state index contributed by atoms with van der Waals surface area (Å²) in [4.78, 5) is 11.9. The highest BCUT2D eigenvalue weighted by Gasteiger charge is 2.24. The van der Waals surface area contributed by atoms with Crippen LogP contribution in [0.15, 0.2) is 30.6 Å². The van der Waals surface area contributed by atoms with Crippen LogP contribution in [0.3, 0.4) is 0 Å². The Hall–Kier alpha value is -2.69. The number of hydrogen-bond acceptors (Lipinski definition) is 8. The smallest absolute Gasteiger partial charge is 0.215 e. The van der Waals surface area contributed by atoms with E-state index in [0.29, 0.717) is 12.6 Å². The molecule has 0 bridgehead atoms. The molecule has 0 N–H and O–H groups in total. The Morgan fingerprint density at radius 3 is 2.71 bits per heavy atom. The van der Waals surface area contributed by atoms with Crippen LogP contribution < -0.4 is 4.90 Å². The number of hydrogen-bond donors (Lipinski definition) is 0. The molecule has 4 heterocycles. The molecule has 0 spiro atoms. The highest BCUT2D eigenvalue weighted by molar-refractivity contribution is 7.15. The number of nitrogens with zero attached hydrogens (tertiary/aromatic N) is 7. The van der Waals surface area contributed by atoms with E-state index >= 15 is 0 Å². The van der Waals surface area contributed by atoms with Crippen LogP contribution in [0.1, 0.15) is 55.6 Å². The Bertz CT molecular complexity index is 1370. The van der Waals surface area contributed by atoms with Crippen LogP contribution in [0.2, 0.25) is 25.7 Å². The summed E-state index contributed by atoms with van der Waals surface area (Å²) in [6.45, 7) is 10.4. The minimum Gasteiger partial charge on any atom is -0.361 e. The van der Waals surface area contributed by atoms with Gasteiger partial charge in [0, 0.05) is 51.2 Å². The molecule has 5 rings (SSSR count). The first-order valence-corrected chi connectivity index (χ1v) is 18.3. The van der Waals surface area contributed by atoms with Crippen molar-refractivity contribution in [1.29, 1.82) is 0 Å². The molecule has 0 saturated heterocycles. The molecule has 1 aliphatic rings. The standard InChI is InChI=1S/C28H39N7OSSi/c1-6-9-23-22(18-34(2)33-23)21-16-25-24(29-17-21)12-13-26(30-25)35(19-36-14-15-38(3,4)5)28-32-31-27(37-28)20-10-7-8-11-20/h12-13,16-18,20H,6-11,14-15,19H2,1-5H3. The van der Waals surface area contributed by atoms with Crippen molar-refractivity contribution in [3.8, 4) is 11.1 Å². The van der Waals surface area contributed by atoms with E-state index in [1.54, 1.807) is 11.3 Å². The monoisotopic (exact) mass is 549 g/mol. The zero-order valence-corrected chi connectivity index (χ0v) is 25.1. The molecule has 10 heteroatoms. The van der Waals surface area contributed by atoms with E-state index in [1.165, 1.54) is 25.7 Å². The third-order valence-corrected chi connectivity index (χ3v) is 9.90. The first-order valence-electron chi connectivity index (χ1n) is 13.8. The van der Waals surface area contributed by atoms with Gasteiger partial charge in [-0.2, -0.15) is 5.10 Å². The van der Waals surface area contributed by atoms with Crippen molar-refractivity contribution in [1.82, 2.24) is 29.9 Å². The lowest BCUT2D eigenvalue weighted by Crippen LogP contribution is -2.26. The van der Waals surface area contributed by atoms with Gasteiger partial charge in [-0.15, -0.1) is 10.2 Å². The largest absolute Gasteiger partial charge is 0.361 e. The lowest BCUT2D eigenvalue weighted by Gasteiger charge is -2.22. The first-order chi connectivity index (χ1) is 18.3. The van der Waals surface area contributed by atoms with E-state index < -0.39 is 8.07 Å². The van der Waals surface area contributed by atoms with Crippen molar-refractivity contribution in [2.24, 2.45) is 7.05 Å². The van der Waals surface area contributed by atoms with Gasteiger partial charge in [-0.3, -0.25) is 14.6 Å². The van der Waals surface area contributed by atoms with E-state index in [4.69, 9.17) is 14.7 Å². The van der Waals surface area contributed by atoms with Crippen LogP contribution >= 0.6 is 11.3 Å². The quantitative estimate of drug-likeness (QED) is 0.114. The third-order valence-electron chi connectivity index (χ3n) is 7.08. The lowest BCUT2D eigenvalue weighted by atomic mass is 10.1. The van der Waals surface area contributed by atoms with E-state index in [2.05, 4.69) is 59.0 Å². The van der Waals surface area contributed by atoms with Crippen molar-refractivity contribution >= 4 is 41.4 Å². The molecule has 1 fully saturated rings. The molecule has 4 aromatic heterocycles.